The minimum absolute atomic E-state index is 0.0451. The predicted molar refractivity (Wildman–Crippen MR) is 138 cm³/mol. The van der Waals surface area contributed by atoms with Crippen molar-refractivity contribution in [3.05, 3.63) is 77.5 Å². The number of carbonyl (C=O) groups excluding carboxylic acids is 1. The smallest absolute Gasteiger partial charge is 0.267 e. The molecule has 2 heterocycles. The summed E-state index contributed by atoms with van der Waals surface area (Å²) in [5.74, 6) is -0.640. The molecule has 0 unspecified atom stereocenters. The van der Waals surface area contributed by atoms with Crippen LogP contribution in [0, 0.1) is 0 Å². The fourth-order valence-corrected chi connectivity index (χ4v) is 4.34. The Morgan fingerprint density at radius 2 is 1.79 bits per heavy atom. The number of H-pyrrole nitrogens is 1. The molecule has 1 fully saturated rings. The largest absolute Gasteiger partial charge is 0.395 e. The second-order valence-corrected chi connectivity index (χ2v) is 9.15. The fourth-order valence-electron chi connectivity index (χ4n) is 4.34. The Balaban J connectivity index is 1.29. The number of benzene rings is 2. The van der Waals surface area contributed by atoms with Crippen molar-refractivity contribution in [2.24, 2.45) is 0 Å². The van der Waals surface area contributed by atoms with Gasteiger partial charge in [0, 0.05) is 42.8 Å². The molecule has 1 aromatic heterocycles. The van der Waals surface area contributed by atoms with Gasteiger partial charge in [0.2, 0.25) is 6.29 Å². The molecule has 204 valence electrons. The van der Waals surface area contributed by atoms with Crippen LogP contribution in [-0.4, -0.2) is 91.8 Å². The van der Waals surface area contributed by atoms with Crippen LogP contribution in [0.5, 0.6) is 0 Å². The van der Waals surface area contributed by atoms with Gasteiger partial charge in [0.15, 0.2) is 0 Å². The fraction of sp³-hybridized carbons (Fsp3) is 0.370. The van der Waals surface area contributed by atoms with Crippen molar-refractivity contribution in [1.29, 1.82) is 0 Å². The molecule has 1 aliphatic heterocycles. The number of fused-ring (bicyclic) bond motifs is 1. The van der Waals surface area contributed by atoms with E-state index in [2.05, 4.69) is 21.4 Å². The van der Waals surface area contributed by atoms with Crippen LogP contribution in [0.2, 0.25) is 0 Å². The number of aliphatic hydroxyl groups is 5. The second kappa shape index (κ2) is 13.1. The number of aromatic amines is 1. The Kier molecular flexibility index (Phi) is 9.61. The summed E-state index contributed by atoms with van der Waals surface area (Å²) in [6.07, 6.45) is -2.54. The Hall–Kier alpha value is -3.13. The number of hydroxylamine groups is 1. The number of ether oxygens (including phenoxy) is 1. The van der Waals surface area contributed by atoms with Gasteiger partial charge < -0.3 is 35.3 Å². The summed E-state index contributed by atoms with van der Waals surface area (Å²) >= 11 is 0. The molecule has 2 aromatic carbocycles. The lowest BCUT2D eigenvalue weighted by molar-refractivity contribution is -0.312. The SMILES string of the molecule is O=C(/C=C/c1ccc(CN(CCO)Cc2c[nH]c3ccccc23)cc1)NO[C@@H]1O[C@H](CO)[C@H](O)[C@H](O)[C@H]1O. The van der Waals surface area contributed by atoms with E-state index in [0.29, 0.717) is 19.6 Å². The van der Waals surface area contributed by atoms with E-state index in [1.807, 2.05) is 48.7 Å². The zero-order valence-electron chi connectivity index (χ0n) is 20.7. The third kappa shape index (κ3) is 6.84. The van der Waals surface area contributed by atoms with Crippen molar-refractivity contribution in [3.8, 4) is 0 Å². The molecule has 11 nitrogen and oxygen atoms in total. The minimum atomic E-state index is -1.62. The average Bonchev–Trinajstić information content (AvgIpc) is 3.34. The molecule has 3 aromatic rings. The van der Waals surface area contributed by atoms with Crippen LogP contribution in [0.4, 0.5) is 0 Å². The van der Waals surface area contributed by atoms with Crippen molar-refractivity contribution in [2.75, 3.05) is 19.8 Å². The van der Waals surface area contributed by atoms with Crippen LogP contribution in [0.15, 0.2) is 60.8 Å². The lowest BCUT2D eigenvalue weighted by Crippen LogP contribution is -2.60. The molecule has 4 rings (SSSR count). The zero-order chi connectivity index (χ0) is 27.1. The standard InChI is InChI=1S/C27H33N3O8/c31-12-11-30(15-19-13-28-21-4-2-1-3-20(19)21)14-18-7-5-17(6-8-18)9-10-23(33)29-38-27-26(36)25(35)24(34)22(16-32)37-27/h1-10,13,22,24-28,31-32,34-36H,11-12,14-16H2,(H,29,33)/b10-9+/t22-,24+,25+,26-,27+/m1/s1. The van der Waals surface area contributed by atoms with E-state index in [1.54, 1.807) is 6.08 Å². The summed E-state index contributed by atoms with van der Waals surface area (Å²) in [6.45, 7) is 1.28. The molecule has 1 amide bonds. The Morgan fingerprint density at radius 1 is 1.03 bits per heavy atom. The third-order valence-corrected chi connectivity index (χ3v) is 6.42. The number of nitrogens with zero attached hydrogens (tertiary/aromatic N) is 1. The number of carbonyl (C=O) groups is 1. The Bertz CT molecular complexity index is 1210. The normalized spacial score (nSPS) is 23.9. The van der Waals surface area contributed by atoms with Gasteiger partial charge in [-0.2, -0.15) is 0 Å². The van der Waals surface area contributed by atoms with Gasteiger partial charge in [-0.05, 0) is 28.8 Å². The first-order valence-electron chi connectivity index (χ1n) is 12.3. The Labute approximate surface area is 219 Å². The molecule has 1 saturated heterocycles. The second-order valence-electron chi connectivity index (χ2n) is 9.15. The van der Waals surface area contributed by atoms with Crippen molar-refractivity contribution in [1.82, 2.24) is 15.4 Å². The number of aromatic nitrogens is 1. The van der Waals surface area contributed by atoms with E-state index < -0.39 is 43.2 Å². The lowest BCUT2D eigenvalue weighted by Gasteiger charge is -2.38. The highest BCUT2D eigenvalue weighted by molar-refractivity contribution is 5.90. The first-order chi connectivity index (χ1) is 18.4. The van der Waals surface area contributed by atoms with Crippen LogP contribution >= 0.6 is 0 Å². The maximum atomic E-state index is 12.1. The summed E-state index contributed by atoms with van der Waals surface area (Å²) < 4.78 is 5.17. The molecule has 38 heavy (non-hydrogen) atoms. The molecule has 11 heteroatoms. The molecular weight excluding hydrogens is 494 g/mol. The van der Waals surface area contributed by atoms with Crippen molar-refractivity contribution >= 4 is 22.9 Å². The molecule has 0 aliphatic carbocycles. The molecule has 1 aliphatic rings. The average molecular weight is 528 g/mol. The number of rotatable bonds is 11. The number of nitrogens with one attached hydrogen (secondary N) is 2. The summed E-state index contributed by atoms with van der Waals surface area (Å²) in [6, 6.07) is 15.7. The first kappa shape index (κ1) is 27.9. The summed E-state index contributed by atoms with van der Waals surface area (Å²) in [5, 5.41) is 49.4. The molecule has 0 saturated carbocycles. The third-order valence-electron chi connectivity index (χ3n) is 6.42. The van der Waals surface area contributed by atoms with E-state index in [9.17, 15) is 30.3 Å². The molecule has 5 atom stereocenters. The molecule has 0 radical (unpaired) electrons. The van der Waals surface area contributed by atoms with Gasteiger partial charge in [-0.25, -0.2) is 10.3 Å². The van der Waals surface area contributed by atoms with Crippen LogP contribution in [-0.2, 0) is 27.5 Å². The van der Waals surface area contributed by atoms with Gasteiger partial charge in [0.05, 0.1) is 13.2 Å². The number of amides is 1. The highest BCUT2D eigenvalue weighted by Crippen LogP contribution is 2.22. The van der Waals surface area contributed by atoms with Gasteiger partial charge in [0.1, 0.15) is 24.4 Å². The van der Waals surface area contributed by atoms with Gasteiger partial charge in [-0.1, -0.05) is 42.5 Å². The van der Waals surface area contributed by atoms with E-state index >= 15 is 0 Å². The molecule has 0 bridgehead atoms. The molecule has 7 N–H and O–H groups in total. The van der Waals surface area contributed by atoms with E-state index in [0.717, 1.165) is 27.6 Å². The van der Waals surface area contributed by atoms with E-state index in [4.69, 9.17) is 9.57 Å². The topological polar surface area (TPSA) is 168 Å². The monoisotopic (exact) mass is 527 g/mol. The Morgan fingerprint density at radius 3 is 2.53 bits per heavy atom. The maximum Gasteiger partial charge on any atom is 0.267 e. The number of hydrogen-bond donors (Lipinski definition) is 7. The highest BCUT2D eigenvalue weighted by Gasteiger charge is 2.44. The van der Waals surface area contributed by atoms with E-state index in [1.165, 1.54) is 6.08 Å². The van der Waals surface area contributed by atoms with Gasteiger partial charge in [0.25, 0.3) is 5.91 Å². The van der Waals surface area contributed by atoms with Gasteiger partial charge >= 0.3 is 0 Å². The van der Waals surface area contributed by atoms with Gasteiger partial charge in [-0.15, -0.1) is 0 Å². The first-order valence-corrected chi connectivity index (χ1v) is 12.3. The predicted octanol–water partition coefficient (Wildman–Crippen LogP) is 0.0233. The molecular formula is C27H33N3O8. The van der Waals surface area contributed by atoms with Crippen LogP contribution < -0.4 is 5.48 Å². The van der Waals surface area contributed by atoms with Crippen LogP contribution in [0.3, 0.4) is 0 Å². The van der Waals surface area contributed by atoms with Crippen molar-refractivity contribution < 1.29 is 39.9 Å². The zero-order valence-corrected chi connectivity index (χ0v) is 20.7. The quantitative estimate of drug-likeness (QED) is 0.134. The van der Waals surface area contributed by atoms with Gasteiger partial charge in [-0.3, -0.25) is 9.69 Å². The summed E-state index contributed by atoms with van der Waals surface area (Å²) in [7, 11) is 0. The van der Waals surface area contributed by atoms with Crippen LogP contribution in [0.25, 0.3) is 17.0 Å². The number of aliphatic hydroxyl groups excluding tert-OH is 5. The molecule has 0 spiro atoms. The summed E-state index contributed by atoms with van der Waals surface area (Å²) in [5.41, 5.74) is 6.15. The highest BCUT2D eigenvalue weighted by atomic mass is 16.8. The van der Waals surface area contributed by atoms with E-state index in [-0.39, 0.29) is 6.61 Å². The lowest BCUT2D eigenvalue weighted by atomic mass is 9.99. The van der Waals surface area contributed by atoms with Crippen molar-refractivity contribution in [2.45, 2.75) is 43.8 Å². The maximum absolute atomic E-state index is 12.1. The van der Waals surface area contributed by atoms with Crippen LogP contribution in [0.1, 0.15) is 16.7 Å². The number of hydrogen-bond acceptors (Lipinski definition) is 9. The summed E-state index contributed by atoms with van der Waals surface area (Å²) in [4.78, 5) is 22.6. The van der Waals surface area contributed by atoms with Crippen molar-refractivity contribution in [3.63, 3.8) is 0 Å². The minimum Gasteiger partial charge on any atom is -0.395 e. The number of para-hydroxylation sites is 1.